The van der Waals surface area contributed by atoms with Crippen molar-refractivity contribution < 1.29 is 13.0 Å². The molecule has 0 amide bonds. The van der Waals surface area contributed by atoms with E-state index in [0.29, 0.717) is 10.7 Å². The highest BCUT2D eigenvalue weighted by Gasteiger charge is 2.16. The first-order valence-electron chi connectivity index (χ1n) is 3.88. The van der Waals surface area contributed by atoms with Crippen molar-refractivity contribution in [1.82, 2.24) is 0 Å². The van der Waals surface area contributed by atoms with Crippen LogP contribution in [0.4, 0.5) is 5.69 Å². The van der Waals surface area contributed by atoms with Gasteiger partial charge in [0.05, 0.1) is 0 Å². The maximum absolute atomic E-state index is 10.7. The average molecular weight is 236 g/mol. The number of benzene rings is 1. The van der Waals surface area contributed by atoms with E-state index >= 15 is 0 Å². The number of hydrogen-bond donors (Lipinski definition) is 2. The maximum Gasteiger partial charge on any atom is 0.285 e. The second-order valence-corrected chi connectivity index (χ2v) is 4.98. The maximum atomic E-state index is 10.7. The molecule has 78 valence electrons. The first-order chi connectivity index (χ1) is 6.39. The van der Waals surface area contributed by atoms with Gasteiger partial charge in [0.25, 0.3) is 10.1 Å². The third-order valence-electron chi connectivity index (χ3n) is 1.66. The SMILES string of the molecule is CC(Nc1ccc(Cl)cc1)S(=O)(=O)O. The van der Waals surface area contributed by atoms with Gasteiger partial charge in [0.1, 0.15) is 0 Å². The molecular formula is C8H10ClNO3S. The summed E-state index contributed by atoms with van der Waals surface area (Å²) in [6.45, 7) is 1.35. The molecule has 4 nitrogen and oxygen atoms in total. The smallest absolute Gasteiger partial charge is 0.285 e. The summed E-state index contributed by atoms with van der Waals surface area (Å²) in [5, 5.41) is 2.14. The molecule has 0 saturated carbocycles. The monoisotopic (exact) mass is 235 g/mol. The fraction of sp³-hybridized carbons (Fsp3) is 0.250. The quantitative estimate of drug-likeness (QED) is 0.787. The standard InChI is InChI=1S/C8H10ClNO3S/c1-6(14(11,12)13)10-8-4-2-7(9)3-5-8/h2-6,10H,1H3,(H,11,12,13). The van der Waals surface area contributed by atoms with E-state index < -0.39 is 15.5 Å². The van der Waals surface area contributed by atoms with Crippen LogP contribution in [0.2, 0.25) is 5.02 Å². The Labute approximate surface area is 87.6 Å². The minimum atomic E-state index is -4.06. The summed E-state index contributed by atoms with van der Waals surface area (Å²) < 4.78 is 30.0. The highest BCUT2D eigenvalue weighted by Crippen LogP contribution is 2.15. The van der Waals surface area contributed by atoms with Gasteiger partial charge in [-0.2, -0.15) is 8.42 Å². The highest BCUT2D eigenvalue weighted by atomic mass is 35.5. The second kappa shape index (κ2) is 4.16. The van der Waals surface area contributed by atoms with Gasteiger partial charge in [-0.25, -0.2) is 0 Å². The van der Waals surface area contributed by atoms with Crippen LogP contribution in [-0.2, 0) is 10.1 Å². The van der Waals surface area contributed by atoms with E-state index in [4.69, 9.17) is 16.2 Å². The molecule has 0 spiro atoms. The third kappa shape index (κ3) is 3.17. The lowest BCUT2D eigenvalue weighted by Crippen LogP contribution is -2.25. The molecule has 0 aromatic heterocycles. The Hall–Kier alpha value is -0.780. The zero-order valence-corrected chi connectivity index (χ0v) is 9.01. The van der Waals surface area contributed by atoms with Crippen molar-refractivity contribution in [2.45, 2.75) is 12.3 Å². The molecule has 0 radical (unpaired) electrons. The summed E-state index contributed by atoms with van der Waals surface area (Å²) >= 11 is 5.64. The molecule has 1 unspecified atom stereocenters. The van der Waals surface area contributed by atoms with Crippen LogP contribution in [0.15, 0.2) is 24.3 Å². The number of hydrogen-bond acceptors (Lipinski definition) is 3. The molecule has 6 heteroatoms. The van der Waals surface area contributed by atoms with Gasteiger partial charge in [-0.1, -0.05) is 11.6 Å². The van der Waals surface area contributed by atoms with E-state index in [1.165, 1.54) is 6.92 Å². The second-order valence-electron chi connectivity index (χ2n) is 2.81. The van der Waals surface area contributed by atoms with Gasteiger partial charge in [0.2, 0.25) is 0 Å². The summed E-state index contributed by atoms with van der Waals surface area (Å²) in [6.07, 6.45) is 0. The van der Waals surface area contributed by atoms with E-state index in [-0.39, 0.29) is 0 Å². The van der Waals surface area contributed by atoms with Crippen molar-refractivity contribution in [1.29, 1.82) is 0 Å². The van der Waals surface area contributed by atoms with Crippen LogP contribution < -0.4 is 5.32 Å². The van der Waals surface area contributed by atoms with Gasteiger partial charge < -0.3 is 5.32 Å². The molecule has 0 aliphatic heterocycles. The van der Waals surface area contributed by atoms with Crippen molar-refractivity contribution in [3.8, 4) is 0 Å². The van der Waals surface area contributed by atoms with E-state index in [0.717, 1.165) is 0 Å². The molecule has 1 rings (SSSR count). The van der Waals surface area contributed by atoms with E-state index in [2.05, 4.69) is 5.32 Å². The molecule has 14 heavy (non-hydrogen) atoms. The Morgan fingerprint density at radius 1 is 1.36 bits per heavy atom. The Bertz CT molecular complexity index is 401. The molecule has 1 aromatic carbocycles. The average Bonchev–Trinajstić information content (AvgIpc) is 2.07. The third-order valence-corrected chi connectivity index (χ3v) is 2.92. The van der Waals surface area contributed by atoms with Crippen LogP contribution in [0.3, 0.4) is 0 Å². The van der Waals surface area contributed by atoms with Crippen LogP contribution in [0.25, 0.3) is 0 Å². The van der Waals surface area contributed by atoms with Crippen molar-refractivity contribution in [3.63, 3.8) is 0 Å². The minimum absolute atomic E-state index is 0.565. The predicted molar refractivity (Wildman–Crippen MR) is 56.1 cm³/mol. The molecule has 0 bridgehead atoms. The van der Waals surface area contributed by atoms with Gasteiger partial charge in [-0.15, -0.1) is 0 Å². The Morgan fingerprint density at radius 2 is 1.86 bits per heavy atom. The molecule has 0 heterocycles. The first-order valence-corrected chi connectivity index (χ1v) is 5.76. The van der Waals surface area contributed by atoms with Crippen LogP contribution in [-0.4, -0.2) is 18.3 Å². The molecule has 1 atom stereocenters. The Kier molecular flexibility index (Phi) is 3.36. The van der Waals surface area contributed by atoms with E-state index in [9.17, 15) is 8.42 Å². The van der Waals surface area contributed by atoms with Gasteiger partial charge >= 0.3 is 0 Å². The lowest BCUT2D eigenvalue weighted by atomic mass is 10.3. The van der Waals surface area contributed by atoms with Crippen LogP contribution in [0.5, 0.6) is 0 Å². The topological polar surface area (TPSA) is 66.4 Å². The summed E-state index contributed by atoms with van der Waals surface area (Å²) in [6, 6.07) is 6.51. The van der Waals surface area contributed by atoms with Crippen molar-refractivity contribution in [2.24, 2.45) is 0 Å². The van der Waals surface area contributed by atoms with Crippen molar-refractivity contribution in [3.05, 3.63) is 29.3 Å². The van der Waals surface area contributed by atoms with Crippen LogP contribution >= 0.6 is 11.6 Å². The Morgan fingerprint density at radius 3 is 2.29 bits per heavy atom. The van der Waals surface area contributed by atoms with Gasteiger partial charge in [0.15, 0.2) is 5.37 Å². The summed E-state index contributed by atoms with van der Waals surface area (Å²) in [5.74, 6) is 0. The molecule has 1 aromatic rings. The minimum Gasteiger partial charge on any atom is -0.367 e. The van der Waals surface area contributed by atoms with Crippen LogP contribution in [0.1, 0.15) is 6.92 Å². The molecule has 2 N–H and O–H groups in total. The largest absolute Gasteiger partial charge is 0.367 e. The lowest BCUT2D eigenvalue weighted by Gasteiger charge is -2.11. The van der Waals surface area contributed by atoms with E-state index in [1.54, 1.807) is 24.3 Å². The van der Waals surface area contributed by atoms with E-state index in [1.807, 2.05) is 0 Å². The number of rotatable bonds is 3. The number of nitrogens with one attached hydrogen (secondary N) is 1. The molecule has 0 aliphatic rings. The molecule has 0 saturated heterocycles. The fourth-order valence-corrected chi connectivity index (χ4v) is 1.27. The van der Waals surface area contributed by atoms with Gasteiger partial charge in [-0.3, -0.25) is 4.55 Å². The lowest BCUT2D eigenvalue weighted by molar-refractivity contribution is 0.475. The molecule has 0 fully saturated rings. The summed E-state index contributed by atoms with van der Waals surface area (Å²) in [7, 11) is -4.06. The summed E-state index contributed by atoms with van der Waals surface area (Å²) in [5.41, 5.74) is 0.583. The zero-order valence-electron chi connectivity index (χ0n) is 7.44. The van der Waals surface area contributed by atoms with Crippen molar-refractivity contribution >= 4 is 27.4 Å². The number of halogens is 1. The van der Waals surface area contributed by atoms with Gasteiger partial charge in [-0.05, 0) is 31.2 Å². The molecule has 0 aliphatic carbocycles. The number of anilines is 1. The summed E-state index contributed by atoms with van der Waals surface area (Å²) in [4.78, 5) is 0. The van der Waals surface area contributed by atoms with Crippen LogP contribution in [0, 0.1) is 0 Å². The normalized spacial score (nSPS) is 13.6. The first kappa shape index (κ1) is 11.3. The van der Waals surface area contributed by atoms with Gasteiger partial charge in [0, 0.05) is 10.7 Å². The molecular weight excluding hydrogens is 226 g/mol. The zero-order chi connectivity index (χ0) is 10.8. The van der Waals surface area contributed by atoms with Crippen molar-refractivity contribution in [2.75, 3.05) is 5.32 Å². The highest BCUT2D eigenvalue weighted by molar-refractivity contribution is 7.86. The Balaban J connectivity index is 2.75. The predicted octanol–water partition coefficient (Wildman–Crippen LogP) is 1.99. The fourth-order valence-electron chi connectivity index (χ4n) is 0.855.